The maximum atomic E-state index is 13.1. The zero-order valence-corrected chi connectivity index (χ0v) is 18.1. The van der Waals surface area contributed by atoms with Crippen LogP contribution in [0.5, 0.6) is 0 Å². The Morgan fingerprint density at radius 1 is 0.833 bits per heavy atom. The van der Waals surface area contributed by atoms with Crippen molar-refractivity contribution in [2.45, 2.75) is 10.6 Å². The quantitative estimate of drug-likeness (QED) is 0.485. The van der Waals surface area contributed by atoms with Crippen LogP contribution in [0.2, 0.25) is 0 Å². The zero-order valence-electron chi connectivity index (χ0n) is 16.5. The predicted molar refractivity (Wildman–Crippen MR) is 123 cm³/mol. The molecule has 0 unspecified atom stereocenters. The van der Waals surface area contributed by atoms with Crippen LogP contribution >= 0.6 is 11.8 Å². The molecule has 0 aromatic heterocycles. The van der Waals surface area contributed by atoms with Gasteiger partial charge in [0.1, 0.15) is 6.54 Å². The average molecular weight is 441 g/mol. The van der Waals surface area contributed by atoms with Gasteiger partial charge in [-0.2, -0.15) is 11.8 Å². The average Bonchev–Trinajstić information content (AvgIpc) is 2.79. The lowest BCUT2D eigenvalue weighted by Crippen LogP contribution is -2.41. The van der Waals surface area contributed by atoms with Gasteiger partial charge in [-0.25, -0.2) is 8.42 Å². The molecule has 0 aliphatic heterocycles. The minimum Gasteiger partial charge on any atom is -0.354 e. The highest BCUT2D eigenvalue weighted by Crippen LogP contribution is 2.23. The van der Waals surface area contributed by atoms with Crippen molar-refractivity contribution >= 4 is 33.4 Å². The summed E-state index contributed by atoms with van der Waals surface area (Å²) in [5.41, 5.74) is 1.69. The molecule has 0 heterocycles. The van der Waals surface area contributed by atoms with E-state index in [-0.39, 0.29) is 17.3 Å². The molecule has 1 amide bonds. The minimum absolute atomic E-state index is 0.153. The first kappa shape index (κ1) is 21.9. The molecule has 0 saturated heterocycles. The van der Waals surface area contributed by atoms with Gasteiger partial charge in [-0.15, -0.1) is 0 Å². The standard InChI is InChI=1S/C23H24N2O3S2/c26-23(24-16-17-29-19-20-10-4-1-5-11-20)18-25(21-12-6-2-7-13-21)30(27,28)22-14-8-3-9-15-22/h1-15H,16-19H2,(H,24,26). The molecule has 7 heteroatoms. The number of para-hydroxylation sites is 1. The third-order valence-electron chi connectivity index (χ3n) is 4.34. The summed E-state index contributed by atoms with van der Waals surface area (Å²) in [7, 11) is -3.85. The Labute approximate surface area is 182 Å². The van der Waals surface area contributed by atoms with Crippen LogP contribution in [0.15, 0.2) is 95.9 Å². The van der Waals surface area contributed by atoms with Crippen LogP contribution in [0.4, 0.5) is 5.69 Å². The third-order valence-corrected chi connectivity index (χ3v) is 7.16. The lowest BCUT2D eigenvalue weighted by Gasteiger charge is -2.24. The molecule has 0 spiro atoms. The summed E-state index contributed by atoms with van der Waals surface area (Å²) >= 11 is 1.72. The number of nitrogens with zero attached hydrogens (tertiary/aromatic N) is 1. The predicted octanol–water partition coefficient (Wildman–Crippen LogP) is 3.93. The molecule has 0 aliphatic carbocycles. The van der Waals surface area contributed by atoms with Crippen molar-refractivity contribution in [2.24, 2.45) is 0 Å². The molecule has 0 radical (unpaired) electrons. The molecule has 3 rings (SSSR count). The Morgan fingerprint density at radius 2 is 1.40 bits per heavy atom. The molecule has 1 N–H and O–H groups in total. The molecule has 156 valence electrons. The van der Waals surface area contributed by atoms with Crippen LogP contribution in [0, 0.1) is 0 Å². The number of hydrogen-bond acceptors (Lipinski definition) is 4. The van der Waals surface area contributed by atoms with Gasteiger partial charge in [0.05, 0.1) is 10.6 Å². The van der Waals surface area contributed by atoms with E-state index in [9.17, 15) is 13.2 Å². The van der Waals surface area contributed by atoms with Gasteiger partial charge in [-0.3, -0.25) is 9.10 Å². The van der Waals surface area contributed by atoms with Crippen LogP contribution in [0.25, 0.3) is 0 Å². The lowest BCUT2D eigenvalue weighted by atomic mass is 10.2. The molecule has 30 heavy (non-hydrogen) atoms. The fourth-order valence-electron chi connectivity index (χ4n) is 2.84. The van der Waals surface area contributed by atoms with Gasteiger partial charge in [0.25, 0.3) is 10.0 Å². The van der Waals surface area contributed by atoms with Gasteiger partial charge in [-0.05, 0) is 29.8 Å². The number of sulfonamides is 1. The Balaban J connectivity index is 1.60. The number of thioether (sulfide) groups is 1. The van der Waals surface area contributed by atoms with E-state index in [1.165, 1.54) is 17.7 Å². The maximum absolute atomic E-state index is 13.1. The number of rotatable bonds is 10. The SMILES string of the molecule is O=C(CN(c1ccccc1)S(=O)(=O)c1ccccc1)NCCSCc1ccccc1. The second-order valence-electron chi connectivity index (χ2n) is 6.55. The van der Waals surface area contributed by atoms with Gasteiger partial charge >= 0.3 is 0 Å². The first-order valence-electron chi connectivity index (χ1n) is 9.58. The Kier molecular flexibility index (Phi) is 7.93. The Morgan fingerprint density at radius 3 is 2.03 bits per heavy atom. The van der Waals surface area contributed by atoms with Crippen LogP contribution in [-0.2, 0) is 20.6 Å². The summed E-state index contributed by atoms with van der Waals surface area (Å²) in [6.45, 7) is 0.203. The minimum atomic E-state index is -3.85. The second kappa shape index (κ2) is 10.8. The number of carbonyl (C=O) groups excluding carboxylic acids is 1. The lowest BCUT2D eigenvalue weighted by molar-refractivity contribution is -0.119. The highest BCUT2D eigenvalue weighted by molar-refractivity contribution is 7.98. The molecule has 0 atom stereocenters. The van der Waals surface area contributed by atoms with Crippen molar-refractivity contribution in [3.05, 3.63) is 96.6 Å². The van der Waals surface area contributed by atoms with Gasteiger partial charge in [0.2, 0.25) is 5.91 Å². The van der Waals surface area contributed by atoms with Crippen molar-refractivity contribution in [3.8, 4) is 0 Å². The van der Waals surface area contributed by atoms with Crippen molar-refractivity contribution in [2.75, 3.05) is 23.1 Å². The van der Waals surface area contributed by atoms with Gasteiger partial charge in [0, 0.05) is 18.1 Å². The van der Waals surface area contributed by atoms with Crippen molar-refractivity contribution in [1.82, 2.24) is 5.32 Å². The zero-order chi connectivity index (χ0) is 21.2. The Hall–Kier alpha value is -2.77. The topological polar surface area (TPSA) is 66.5 Å². The van der Waals surface area contributed by atoms with E-state index in [4.69, 9.17) is 0 Å². The number of anilines is 1. The fraction of sp³-hybridized carbons (Fsp3) is 0.174. The van der Waals surface area contributed by atoms with E-state index in [0.29, 0.717) is 12.2 Å². The highest BCUT2D eigenvalue weighted by Gasteiger charge is 2.26. The van der Waals surface area contributed by atoms with Crippen molar-refractivity contribution in [3.63, 3.8) is 0 Å². The van der Waals surface area contributed by atoms with E-state index < -0.39 is 10.0 Å². The molecule has 0 saturated carbocycles. The van der Waals surface area contributed by atoms with Gasteiger partial charge < -0.3 is 5.32 Å². The molecule has 3 aromatic rings. The summed E-state index contributed by atoms with van der Waals surface area (Å²) in [5.74, 6) is 1.28. The summed E-state index contributed by atoms with van der Waals surface area (Å²) in [6, 6.07) is 27.0. The first-order chi connectivity index (χ1) is 14.6. The van der Waals surface area contributed by atoms with Crippen molar-refractivity contribution in [1.29, 1.82) is 0 Å². The first-order valence-corrected chi connectivity index (χ1v) is 12.2. The van der Waals surface area contributed by atoms with E-state index in [1.54, 1.807) is 60.3 Å². The maximum Gasteiger partial charge on any atom is 0.264 e. The van der Waals surface area contributed by atoms with Gasteiger partial charge in [-0.1, -0.05) is 66.7 Å². The largest absolute Gasteiger partial charge is 0.354 e. The molecular weight excluding hydrogens is 416 g/mol. The number of nitrogens with one attached hydrogen (secondary N) is 1. The van der Waals surface area contributed by atoms with Crippen LogP contribution < -0.4 is 9.62 Å². The number of carbonyl (C=O) groups is 1. The number of hydrogen-bond donors (Lipinski definition) is 1. The van der Waals surface area contributed by atoms with E-state index >= 15 is 0 Å². The van der Waals surface area contributed by atoms with E-state index in [0.717, 1.165) is 15.8 Å². The fourth-order valence-corrected chi connectivity index (χ4v) is 5.10. The summed E-state index contributed by atoms with van der Waals surface area (Å²) in [5, 5.41) is 2.83. The molecule has 3 aromatic carbocycles. The number of amides is 1. The van der Waals surface area contributed by atoms with E-state index in [2.05, 4.69) is 17.4 Å². The van der Waals surface area contributed by atoms with E-state index in [1.807, 2.05) is 18.2 Å². The van der Waals surface area contributed by atoms with Crippen LogP contribution in [0.1, 0.15) is 5.56 Å². The molecular formula is C23H24N2O3S2. The second-order valence-corrected chi connectivity index (χ2v) is 9.52. The molecule has 5 nitrogen and oxygen atoms in total. The van der Waals surface area contributed by atoms with Gasteiger partial charge in [0.15, 0.2) is 0 Å². The summed E-state index contributed by atoms with van der Waals surface area (Å²) in [6.07, 6.45) is 0. The summed E-state index contributed by atoms with van der Waals surface area (Å²) in [4.78, 5) is 12.7. The number of benzene rings is 3. The smallest absolute Gasteiger partial charge is 0.264 e. The molecule has 0 bridgehead atoms. The normalized spacial score (nSPS) is 11.1. The Bertz CT molecular complexity index is 1030. The van der Waals surface area contributed by atoms with Crippen molar-refractivity contribution < 1.29 is 13.2 Å². The third kappa shape index (κ3) is 6.11. The monoisotopic (exact) mass is 440 g/mol. The van der Waals surface area contributed by atoms with Crippen LogP contribution in [-0.4, -0.2) is 33.2 Å². The highest BCUT2D eigenvalue weighted by atomic mass is 32.2. The molecule has 0 aliphatic rings. The summed E-state index contributed by atoms with van der Waals surface area (Å²) < 4.78 is 27.4. The molecule has 0 fully saturated rings. The van der Waals surface area contributed by atoms with Crippen LogP contribution in [0.3, 0.4) is 0 Å².